The molecule has 0 bridgehead atoms. The number of para-hydroxylation sites is 1. The van der Waals surface area contributed by atoms with Gasteiger partial charge in [0.05, 0.1) is 24.4 Å². The van der Waals surface area contributed by atoms with E-state index in [4.69, 9.17) is 4.74 Å². The molecule has 0 aliphatic carbocycles. The van der Waals surface area contributed by atoms with Gasteiger partial charge in [0, 0.05) is 25.5 Å². The van der Waals surface area contributed by atoms with E-state index in [2.05, 4.69) is 25.6 Å². The zero-order valence-corrected chi connectivity index (χ0v) is 16.1. The van der Waals surface area contributed by atoms with E-state index < -0.39 is 0 Å². The van der Waals surface area contributed by atoms with Gasteiger partial charge in [-0.25, -0.2) is 4.98 Å². The molecular weight excluding hydrogens is 336 g/mol. The molecule has 136 valence electrons. The summed E-state index contributed by atoms with van der Waals surface area (Å²) in [6.45, 7) is 6.13. The molecule has 0 atom stereocenters. The van der Waals surface area contributed by atoms with Gasteiger partial charge in [0.2, 0.25) is 0 Å². The predicted molar refractivity (Wildman–Crippen MR) is 103 cm³/mol. The number of aromatic hydroxyl groups is 1. The van der Waals surface area contributed by atoms with Crippen molar-refractivity contribution in [1.82, 2.24) is 15.2 Å². The maximum Gasteiger partial charge on any atom is 0.194 e. The molecule has 0 unspecified atom stereocenters. The van der Waals surface area contributed by atoms with Gasteiger partial charge < -0.3 is 20.1 Å². The van der Waals surface area contributed by atoms with Crippen LogP contribution in [0.1, 0.15) is 23.2 Å². The summed E-state index contributed by atoms with van der Waals surface area (Å²) >= 11 is 1.65. The molecule has 25 heavy (non-hydrogen) atoms. The number of aliphatic imine (C=N–C) groups is 1. The number of rotatable bonds is 7. The standard InChI is InChI=1S/C18H26N4O2S/c1-5-19-18(22(3)11-15-12-25-13(2)21-15)20-10-9-14-7-6-8-16(24-4)17(14)23/h6-8,12,23H,5,9-11H2,1-4H3,(H,19,20). The van der Waals surface area contributed by atoms with E-state index in [0.717, 1.165) is 28.8 Å². The fourth-order valence-electron chi connectivity index (χ4n) is 2.48. The van der Waals surface area contributed by atoms with Crippen LogP contribution in [0.15, 0.2) is 28.6 Å². The lowest BCUT2D eigenvalue weighted by atomic mass is 10.1. The number of phenolic OH excluding ortho intramolecular Hbond substituents is 1. The van der Waals surface area contributed by atoms with Gasteiger partial charge in [-0.15, -0.1) is 11.3 Å². The number of nitrogens with zero attached hydrogens (tertiary/aromatic N) is 3. The Balaban J connectivity index is 2.01. The van der Waals surface area contributed by atoms with Crippen LogP contribution < -0.4 is 10.1 Å². The normalized spacial score (nSPS) is 11.4. The number of aromatic nitrogens is 1. The summed E-state index contributed by atoms with van der Waals surface area (Å²) in [4.78, 5) is 11.2. The van der Waals surface area contributed by atoms with Crippen molar-refractivity contribution in [2.75, 3.05) is 27.2 Å². The maximum atomic E-state index is 10.2. The van der Waals surface area contributed by atoms with E-state index in [0.29, 0.717) is 25.3 Å². The van der Waals surface area contributed by atoms with Gasteiger partial charge in [-0.1, -0.05) is 12.1 Å². The van der Waals surface area contributed by atoms with E-state index >= 15 is 0 Å². The van der Waals surface area contributed by atoms with Gasteiger partial charge in [0.15, 0.2) is 17.5 Å². The van der Waals surface area contributed by atoms with Gasteiger partial charge in [-0.3, -0.25) is 4.99 Å². The fourth-order valence-corrected chi connectivity index (χ4v) is 3.09. The van der Waals surface area contributed by atoms with E-state index in [1.807, 2.05) is 33.0 Å². The quantitative estimate of drug-likeness (QED) is 0.585. The molecule has 0 fully saturated rings. The second-order valence-corrected chi connectivity index (χ2v) is 6.73. The average Bonchev–Trinajstić information content (AvgIpc) is 3.00. The molecule has 7 heteroatoms. The van der Waals surface area contributed by atoms with E-state index in [1.165, 1.54) is 0 Å². The SMILES string of the molecule is CCNC(=NCCc1cccc(OC)c1O)N(C)Cc1csc(C)n1. The van der Waals surface area contributed by atoms with Gasteiger partial charge in [0.25, 0.3) is 0 Å². The van der Waals surface area contributed by atoms with E-state index in [-0.39, 0.29) is 5.75 Å². The Kier molecular flexibility index (Phi) is 7.06. The molecule has 0 saturated heterocycles. The first kappa shape index (κ1) is 19.1. The summed E-state index contributed by atoms with van der Waals surface area (Å²) < 4.78 is 5.15. The summed E-state index contributed by atoms with van der Waals surface area (Å²) in [6, 6.07) is 5.51. The highest BCUT2D eigenvalue weighted by atomic mass is 32.1. The van der Waals surface area contributed by atoms with Crippen molar-refractivity contribution < 1.29 is 9.84 Å². The number of phenols is 1. The minimum atomic E-state index is 0.191. The second kappa shape index (κ2) is 9.27. The van der Waals surface area contributed by atoms with Crippen LogP contribution in [0.25, 0.3) is 0 Å². The van der Waals surface area contributed by atoms with Crippen molar-refractivity contribution in [2.24, 2.45) is 4.99 Å². The summed E-state index contributed by atoms with van der Waals surface area (Å²) in [6.07, 6.45) is 0.640. The molecule has 0 radical (unpaired) electrons. The van der Waals surface area contributed by atoms with Crippen LogP contribution in [0.5, 0.6) is 11.5 Å². The smallest absolute Gasteiger partial charge is 0.194 e. The molecule has 0 amide bonds. The zero-order chi connectivity index (χ0) is 18.2. The number of thiazole rings is 1. The Labute approximate surface area is 153 Å². The lowest BCUT2D eigenvalue weighted by Crippen LogP contribution is -2.38. The van der Waals surface area contributed by atoms with Crippen molar-refractivity contribution >= 4 is 17.3 Å². The first-order chi connectivity index (χ1) is 12.0. The molecule has 0 aliphatic rings. The molecular formula is C18H26N4O2S. The molecule has 1 heterocycles. The zero-order valence-electron chi connectivity index (χ0n) is 15.2. The largest absolute Gasteiger partial charge is 0.504 e. The number of benzene rings is 1. The fraction of sp³-hybridized carbons (Fsp3) is 0.444. The minimum Gasteiger partial charge on any atom is -0.504 e. The van der Waals surface area contributed by atoms with Gasteiger partial charge in [-0.2, -0.15) is 0 Å². The summed E-state index contributed by atoms with van der Waals surface area (Å²) in [5.41, 5.74) is 1.87. The Morgan fingerprint density at radius 1 is 1.44 bits per heavy atom. The molecule has 2 rings (SSSR count). The summed E-state index contributed by atoms with van der Waals surface area (Å²) in [7, 11) is 3.55. The number of methoxy groups -OCH3 is 1. The third kappa shape index (κ3) is 5.35. The van der Waals surface area contributed by atoms with E-state index in [1.54, 1.807) is 24.5 Å². The Hall–Kier alpha value is -2.28. The monoisotopic (exact) mass is 362 g/mol. The first-order valence-corrected chi connectivity index (χ1v) is 9.18. The molecule has 2 N–H and O–H groups in total. The lowest BCUT2D eigenvalue weighted by molar-refractivity contribution is 0.370. The van der Waals surface area contributed by atoms with Crippen LogP contribution in [0, 0.1) is 6.92 Å². The topological polar surface area (TPSA) is 70.0 Å². The third-order valence-corrected chi connectivity index (χ3v) is 4.53. The van der Waals surface area contributed by atoms with Crippen LogP contribution in [0.2, 0.25) is 0 Å². The third-order valence-electron chi connectivity index (χ3n) is 3.71. The number of aryl methyl sites for hydroxylation is 1. The Bertz CT molecular complexity index is 715. The van der Waals surface area contributed by atoms with Gasteiger partial charge in [-0.05, 0) is 31.9 Å². The molecule has 1 aromatic carbocycles. The predicted octanol–water partition coefficient (Wildman–Crippen LogP) is 2.81. The molecule has 2 aromatic rings. The maximum absolute atomic E-state index is 10.2. The Morgan fingerprint density at radius 3 is 2.88 bits per heavy atom. The van der Waals surface area contributed by atoms with Gasteiger partial charge in [0.1, 0.15) is 0 Å². The average molecular weight is 362 g/mol. The highest BCUT2D eigenvalue weighted by Gasteiger charge is 2.10. The van der Waals surface area contributed by atoms with Gasteiger partial charge >= 0.3 is 0 Å². The minimum absolute atomic E-state index is 0.191. The molecule has 0 spiro atoms. The highest BCUT2D eigenvalue weighted by molar-refractivity contribution is 7.09. The number of hydrogen-bond donors (Lipinski definition) is 2. The van der Waals surface area contributed by atoms with Crippen molar-refractivity contribution in [3.05, 3.63) is 39.8 Å². The second-order valence-electron chi connectivity index (χ2n) is 5.67. The van der Waals surface area contributed by atoms with Crippen LogP contribution in [-0.2, 0) is 13.0 Å². The molecule has 0 aliphatic heterocycles. The van der Waals surface area contributed by atoms with Crippen molar-refractivity contribution in [3.63, 3.8) is 0 Å². The number of ether oxygens (including phenoxy) is 1. The van der Waals surface area contributed by atoms with Crippen LogP contribution in [0.4, 0.5) is 0 Å². The molecule has 1 aromatic heterocycles. The summed E-state index contributed by atoms with van der Waals surface area (Å²) in [5, 5.41) is 16.6. The van der Waals surface area contributed by atoms with Crippen LogP contribution >= 0.6 is 11.3 Å². The van der Waals surface area contributed by atoms with Crippen molar-refractivity contribution in [3.8, 4) is 11.5 Å². The Morgan fingerprint density at radius 2 is 2.24 bits per heavy atom. The molecule has 6 nitrogen and oxygen atoms in total. The first-order valence-electron chi connectivity index (χ1n) is 8.30. The van der Waals surface area contributed by atoms with Crippen molar-refractivity contribution in [1.29, 1.82) is 0 Å². The number of guanidine groups is 1. The highest BCUT2D eigenvalue weighted by Crippen LogP contribution is 2.29. The number of hydrogen-bond acceptors (Lipinski definition) is 5. The summed E-state index contributed by atoms with van der Waals surface area (Å²) in [5.74, 6) is 1.51. The number of nitrogens with one attached hydrogen (secondary N) is 1. The van der Waals surface area contributed by atoms with Crippen molar-refractivity contribution in [2.45, 2.75) is 26.8 Å². The van der Waals surface area contributed by atoms with Crippen LogP contribution in [0.3, 0.4) is 0 Å². The lowest BCUT2D eigenvalue weighted by Gasteiger charge is -2.21. The molecule has 0 saturated carbocycles. The van der Waals surface area contributed by atoms with Crippen LogP contribution in [-0.4, -0.2) is 48.2 Å². The van der Waals surface area contributed by atoms with E-state index in [9.17, 15) is 5.11 Å².